The van der Waals surface area contributed by atoms with Crippen molar-refractivity contribution in [1.82, 2.24) is 20.1 Å². The Morgan fingerprint density at radius 3 is 2.69 bits per heavy atom. The van der Waals surface area contributed by atoms with Crippen LogP contribution in [0, 0.1) is 0 Å². The normalized spacial score (nSPS) is 17.2. The summed E-state index contributed by atoms with van der Waals surface area (Å²) in [6.07, 6.45) is 0.442. The van der Waals surface area contributed by atoms with Gasteiger partial charge < -0.3 is 10.1 Å². The Kier molecular flexibility index (Phi) is 6.73. The lowest BCUT2D eigenvalue weighted by Crippen LogP contribution is -2.36. The number of nitrogens with zero attached hydrogens (tertiary/aromatic N) is 3. The van der Waals surface area contributed by atoms with Crippen molar-refractivity contribution >= 4 is 39.1 Å². The molecule has 2 heterocycles. The van der Waals surface area contributed by atoms with Crippen LogP contribution in [-0.4, -0.2) is 59.5 Å². The van der Waals surface area contributed by atoms with Crippen molar-refractivity contribution in [1.29, 1.82) is 0 Å². The predicted molar refractivity (Wildman–Crippen MR) is 124 cm³/mol. The molecule has 4 rings (SSSR count). The Bertz CT molecular complexity index is 1230. The number of amides is 1. The molecule has 0 saturated carbocycles. The van der Waals surface area contributed by atoms with Crippen molar-refractivity contribution in [2.75, 3.05) is 24.4 Å². The number of thioether (sulfide) groups is 1. The first-order chi connectivity index (χ1) is 15.4. The maximum Gasteiger partial charge on any atom is 0.230 e. The lowest BCUT2D eigenvalue weighted by molar-refractivity contribution is -0.119. The number of carbonyl (C=O) groups excluding carboxylic acids is 1. The van der Waals surface area contributed by atoms with Crippen molar-refractivity contribution in [3.63, 3.8) is 0 Å². The number of carbonyl (C=O) groups is 1. The van der Waals surface area contributed by atoms with Crippen molar-refractivity contribution in [2.45, 2.75) is 17.6 Å². The summed E-state index contributed by atoms with van der Waals surface area (Å²) >= 11 is 7.56. The average molecular weight is 493 g/mol. The Hall–Kier alpha value is -2.56. The van der Waals surface area contributed by atoms with Crippen LogP contribution in [0.25, 0.3) is 17.1 Å². The van der Waals surface area contributed by atoms with Gasteiger partial charge in [-0.3, -0.25) is 9.36 Å². The number of hydrogen-bond donors (Lipinski definition) is 1. The molecule has 2 aromatic carbocycles. The van der Waals surface area contributed by atoms with Crippen LogP contribution in [0.15, 0.2) is 53.7 Å². The van der Waals surface area contributed by atoms with Gasteiger partial charge in [-0.25, -0.2) is 8.42 Å². The van der Waals surface area contributed by atoms with E-state index in [1.165, 1.54) is 11.8 Å². The van der Waals surface area contributed by atoms with E-state index in [4.69, 9.17) is 16.3 Å². The number of sulfone groups is 1. The summed E-state index contributed by atoms with van der Waals surface area (Å²) in [5, 5.41) is 12.4. The largest absolute Gasteiger partial charge is 0.495 e. The first-order valence-electron chi connectivity index (χ1n) is 9.83. The van der Waals surface area contributed by atoms with Gasteiger partial charge >= 0.3 is 0 Å². The highest BCUT2D eigenvalue weighted by molar-refractivity contribution is 7.99. The van der Waals surface area contributed by atoms with Crippen LogP contribution in [0.4, 0.5) is 0 Å². The average Bonchev–Trinajstić information content (AvgIpc) is 3.35. The molecule has 32 heavy (non-hydrogen) atoms. The fourth-order valence-electron chi connectivity index (χ4n) is 3.47. The highest BCUT2D eigenvalue weighted by Gasteiger charge is 2.29. The molecule has 1 aliphatic rings. The zero-order valence-electron chi connectivity index (χ0n) is 17.2. The molecule has 0 radical (unpaired) electrons. The monoisotopic (exact) mass is 492 g/mol. The Labute approximate surface area is 195 Å². The van der Waals surface area contributed by atoms with E-state index in [0.29, 0.717) is 28.2 Å². The van der Waals surface area contributed by atoms with Gasteiger partial charge in [-0.05, 0) is 24.6 Å². The molecule has 1 fully saturated rings. The lowest BCUT2D eigenvalue weighted by atomic mass is 10.2. The Balaban J connectivity index is 1.59. The summed E-state index contributed by atoms with van der Waals surface area (Å²) in [5.41, 5.74) is 1.59. The zero-order valence-corrected chi connectivity index (χ0v) is 19.6. The number of benzene rings is 2. The molecule has 1 N–H and O–H groups in total. The molecule has 0 aliphatic carbocycles. The molecule has 1 aliphatic heterocycles. The van der Waals surface area contributed by atoms with Gasteiger partial charge in [0, 0.05) is 11.6 Å². The Morgan fingerprint density at radius 1 is 1.25 bits per heavy atom. The smallest absolute Gasteiger partial charge is 0.230 e. The van der Waals surface area contributed by atoms with E-state index in [9.17, 15) is 13.2 Å². The van der Waals surface area contributed by atoms with Gasteiger partial charge in [0.15, 0.2) is 20.8 Å². The summed E-state index contributed by atoms with van der Waals surface area (Å²) in [6, 6.07) is 14.6. The molecular weight excluding hydrogens is 472 g/mol. The number of ether oxygens (including phenoxy) is 1. The van der Waals surface area contributed by atoms with Crippen LogP contribution in [0.1, 0.15) is 6.42 Å². The minimum Gasteiger partial charge on any atom is -0.495 e. The van der Waals surface area contributed by atoms with Gasteiger partial charge in [-0.2, -0.15) is 0 Å². The summed E-state index contributed by atoms with van der Waals surface area (Å²) in [7, 11) is -1.51. The van der Waals surface area contributed by atoms with Crippen LogP contribution in [0.2, 0.25) is 5.02 Å². The molecule has 3 aromatic rings. The summed E-state index contributed by atoms with van der Waals surface area (Å²) < 4.78 is 30.3. The molecule has 0 spiro atoms. The summed E-state index contributed by atoms with van der Waals surface area (Å²) in [5.74, 6) is 1.08. The minimum absolute atomic E-state index is 0.0118. The van der Waals surface area contributed by atoms with Crippen LogP contribution < -0.4 is 10.1 Å². The van der Waals surface area contributed by atoms with Crippen molar-refractivity contribution in [2.24, 2.45) is 0 Å². The third kappa shape index (κ3) is 5.08. The number of hydrogen-bond acceptors (Lipinski definition) is 7. The quantitative estimate of drug-likeness (QED) is 0.505. The van der Waals surface area contributed by atoms with E-state index in [1.54, 1.807) is 19.2 Å². The molecular formula is C21H21ClN4O4S2. The molecule has 168 valence electrons. The molecule has 1 unspecified atom stereocenters. The molecule has 8 nitrogen and oxygen atoms in total. The first-order valence-corrected chi connectivity index (χ1v) is 13.0. The van der Waals surface area contributed by atoms with Crippen molar-refractivity contribution in [3.05, 3.63) is 53.6 Å². The number of rotatable bonds is 7. The maximum absolute atomic E-state index is 12.4. The number of halogens is 1. The SMILES string of the molecule is COc1ccc(-n2c(SCC(=O)NC3CCS(=O)(=O)C3)nnc2-c2ccccc2)cc1Cl. The van der Waals surface area contributed by atoms with Crippen LogP contribution in [0.3, 0.4) is 0 Å². The van der Waals surface area contributed by atoms with Gasteiger partial charge in [0.05, 0.1) is 35.1 Å². The van der Waals surface area contributed by atoms with Crippen LogP contribution in [0.5, 0.6) is 5.75 Å². The highest BCUT2D eigenvalue weighted by atomic mass is 35.5. The third-order valence-corrected chi connectivity index (χ3v) is 7.98. The molecule has 1 saturated heterocycles. The molecule has 11 heteroatoms. The van der Waals surface area contributed by atoms with E-state index < -0.39 is 9.84 Å². The van der Waals surface area contributed by atoms with E-state index in [0.717, 1.165) is 11.3 Å². The van der Waals surface area contributed by atoms with E-state index in [2.05, 4.69) is 15.5 Å². The third-order valence-electron chi connectivity index (χ3n) is 4.99. The predicted octanol–water partition coefficient (Wildman–Crippen LogP) is 2.99. The van der Waals surface area contributed by atoms with Gasteiger partial charge in [-0.15, -0.1) is 10.2 Å². The van der Waals surface area contributed by atoms with Crippen LogP contribution in [-0.2, 0) is 14.6 Å². The zero-order chi connectivity index (χ0) is 22.7. The Morgan fingerprint density at radius 2 is 2.03 bits per heavy atom. The van der Waals surface area contributed by atoms with Gasteiger partial charge in [0.25, 0.3) is 0 Å². The van der Waals surface area contributed by atoms with Crippen molar-refractivity contribution < 1.29 is 17.9 Å². The topological polar surface area (TPSA) is 103 Å². The lowest BCUT2D eigenvalue weighted by Gasteiger charge is -2.13. The van der Waals surface area contributed by atoms with E-state index >= 15 is 0 Å². The molecule has 0 bridgehead atoms. The van der Waals surface area contributed by atoms with Gasteiger partial charge in [0.2, 0.25) is 5.91 Å². The summed E-state index contributed by atoms with van der Waals surface area (Å²) in [6.45, 7) is 0. The molecule has 1 amide bonds. The second-order valence-electron chi connectivity index (χ2n) is 7.28. The maximum atomic E-state index is 12.4. The number of methoxy groups -OCH3 is 1. The molecule has 1 aromatic heterocycles. The highest BCUT2D eigenvalue weighted by Crippen LogP contribution is 2.32. The summed E-state index contributed by atoms with van der Waals surface area (Å²) in [4.78, 5) is 12.4. The number of nitrogens with one attached hydrogen (secondary N) is 1. The van der Waals surface area contributed by atoms with Gasteiger partial charge in [0.1, 0.15) is 5.75 Å². The van der Waals surface area contributed by atoms with Crippen LogP contribution >= 0.6 is 23.4 Å². The number of aromatic nitrogens is 3. The fraction of sp³-hybridized carbons (Fsp3) is 0.286. The van der Waals surface area contributed by atoms with E-state index in [1.807, 2.05) is 41.0 Å². The fourth-order valence-corrected chi connectivity index (χ4v) is 6.16. The second-order valence-corrected chi connectivity index (χ2v) is 10.9. The molecule has 1 atom stereocenters. The van der Waals surface area contributed by atoms with Gasteiger partial charge in [-0.1, -0.05) is 53.7 Å². The second kappa shape index (κ2) is 9.51. The minimum atomic E-state index is -3.06. The van der Waals surface area contributed by atoms with Crippen molar-refractivity contribution in [3.8, 4) is 22.8 Å². The van der Waals surface area contributed by atoms with E-state index in [-0.39, 0.29) is 29.2 Å². The first kappa shape index (κ1) is 22.6. The standard InChI is InChI=1S/C21H21ClN4O4S2/c1-30-18-8-7-16(11-17(18)22)26-20(14-5-3-2-4-6-14)24-25-21(26)31-12-19(27)23-15-9-10-32(28,29)13-15/h2-8,11,15H,9-10,12-13H2,1H3,(H,23,27).